The van der Waals surface area contributed by atoms with Crippen molar-refractivity contribution in [3.63, 3.8) is 0 Å². The third-order valence-corrected chi connectivity index (χ3v) is 3.71. The number of rotatable bonds is 5. The van der Waals surface area contributed by atoms with Crippen LogP contribution in [0.4, 0.5) is 5.69 Å². The van der Waals surface area contributed by atoms with Crippen LogP contribution in [0.2, 0.25) is 0 Å². The number of benzene rings is 2. The van der Waals surface area contributed by atoms with Gasteiger partial charge in [0.05, 0.1) is 17.9 Å². The van der Waals surface area contributed by atoms with Crippen molar-refractivity contribution in [3.05, 3.63) is 65.4 Å². The number of carboxylic acids is 1. The summed E-state index contributed by atoms with van der Waals surface area (Å²) in [5.74, 6) is -1.21. The molecule has 0 fully saturated rings. The molecule has 0 unspecified atom stereocenters. The van der Waals surface area contributed by atoms with Crippen LogP contribution in [-0.4, -0.2) is 17.2 Å². The van der Waals surface area contributed by atoms with E-state index in [0.29, 0.717) is 5.69 Å². The lowest BCUT2D eigenvalue weighted by Crippen LogP contribution is -2.22. The second-order valence-corrected chi connectivity index (χ2v) is 5.18. The van der Waals surface area contributed by atoms with Gasteiger partial charge in [0, 0.05) is 22.7 Å². The maximum absolute atomic E-state index is 10.8. The molecule has 0 bridgehead atoms. The Morgan fingerprint density at radius 1 is 1.30 bits per heavy atom. The molecule has 3 rings (SSSR count). The van der Waals surface area contributed by atoms with Crippen LogP contribution in [0.15, 0.2) is 53.8 Å². The summed E-state index contributed by atoms with van der Waals surface area (Å²) >= 11 is 0. The largest absolute Gasteiger partial charge is 0.545 e. The minimum atomic E-state index is -1.21. The number of aryl methyl sites for hydroxylation is 1. The van der Waals surface area contributed by atoms with E-state index in [2.05, 4.69) is 28.5 Å². The molecule has 2 aromatic carbocycles. The van der Waals surface area contributed by atoms with Crippen molar-refractivity contribution in [2.45, 2.75) is 13.3 Å². The number of anilines is 1. The van der Waals surface area contributed by atoms with E-state index in [4.69, 9.17) is 0 Å². The number of fused-ring (bicyclic) bond motifs is 1. The maximum Gasteiger partial charge on any atom is 0.0716 e. The molecule has 0 aliphatic heterocycles. The normalized spacial score (nSPS) is 11.2. The molecule has 1 heterocycles. The average molecular weight is 306 g/mol. The Bertz CT molecular complexity index is 881. The second-order valence-electron chi connectivity index (χ2n) is 5.18. The van der Waals surface area contributed by atoms with Crippen molar-refractivity contribution in [3.8, 4) is 0 Å². The van der Waals surface area contributed by atoms with E-state index in [-0.39, 0.29) is 5.56 Å². The number of hydrazone groups is 1. The van der Waals surface area contributed by atoms with E-state index in [0.717, 1.165) is 22.9 Å². The summed E-state index contributed by atoms with van der Waals surface area (Å²) in [4.78, 5) is 14.1. The number of aromatic amines is 1. The van der Waals surface area contributed by atoms with Crippen molar-refractivity contribution in [2.75, 3.05) is 5.43 Å². The van der Waals surface area contributed by atoms with E-state index < -0.39 is 5.97 Å². The van der Waals surface area contributed by atoms with Crippen LogP contribution in [0.25, 0.3) is 10.9 Å². The van der Waals surface area contributed by atoms with Crippen molar-refractivity contribution in [1.29, 1.82) is 0 Å². The number of aromatic nitrogens is 1. The fourth-order valence-electron chi connectivity index (χ4n) is 2.53. The number of carbonyl (C=O) groups is 1. The zero-order valence-corrected chi connectivity index (χ0v) is 12.7. The predicted octanol–water partition coefficient (Wildman–Crippen LogP) is 2.54. The van der Waals surface area contributed by atoms with Crippen LogP contribution in [0.5, 0.6) is 0 Å². The topological polar surface area (TPSA) is 80.3 Å². The summed E-state index contributed by atoms with van der Waals surface area (Å²) in [6.07, 6.45) is 4.58. The highest BCUT2D eigenvalue weighted by molar-refractivity contribution is 6.00. The van der Waals surface area contributed by atoms with Gasteiger partial charge in [0.25, 0.3) is 0 Å². The molecule has 2 N–H and O–H groups in total. The SMILES string of the molecule is CCc1cccc2c(/C=N/Nc3cccc(C(=O)[O-])c3)c[nH]c12. The quantitative estimate of drug-likeness (QED) is 0.561. The Morgan fingerprint density at radius 3 is 2.91 bits per heavy atom. The number of hydrogen-bond acceptors (Lipinski definition) is 4. The summed E-state index contributed by atoms with van der Waals surface area (Å²) in [7, 11) is 0. The number of aromatic carboxylic acids is 1. The molecule has 5 nitrogen and oxygen atoms in total. The van der Waals surface area contributed by atoms with Gasteiger partial charge in [0.15, 0.2) is 0 Å². The fourth-order valence-corrected chi connectivity index (χ4v) is 2.53. The van der Waals surface area contributed by atoms with Gasteiger partial charge < -0.3 is 14.9 Å². The van der Waals surface area contributed by atoms with Gasteiger partial charge in [-0.2, -0.15) is 5.10 Å². The zero-order valence-electron chi connectivity index (χ0n) is 12.7. The van der Waals surface area contributed by atoms with Crippen LogP contribution < -0.4 is 10.5 Å². The predicted molar refractivity (Wildman–Crippen MR) is 89.7 cm³/mol. The molecule has 0 spiro atoms. The number of nitrogens with zero attached hydrogens (tertiary/aromatic N) is 1. The lowest BCUT2D eigenvalue weighted by atomic mass is 10.1. The number of carbonyl (C=O) groups excluding carboxylic acids is 1. The summed E-state index contributed by atoms with van der Waals surface area (Å²) in [6.45, 7) is 2.12. The summed E-state index contributed by atoms with van der Waals surface area (Å²) in [5, 5.41) is 16.1. The zero-order chi connectivity index (χ0) is 16.2. The number of H-pyrrole nitrogens is 1. The van der Waals surface area contributed by atoms with Gasteiger partial charge in [0.2, 0.25) is 0 Å². The van der Waals surface area contributed by atoms with Crippen molar-refractivity contribution < 1.29 is 9.90 Å². The first-order valence-corrected chi connectivity index (χ1v) is 7.38. The Labute approximate surface area is 133 Å². The number of carboxylic acid groups (broad SMARTS) is 1. The minimum Gasteiger partial charge on any atom is -0.545 e. The molecule has 0 amide bonds. The lowest BCUT2D eigenvalue weighted by molar-refractivity contribution is -0.255. The highest BCUT2D eigenvalue weighted by atomic mass is 16.4. The van der Waals surface area contributed by atoms with Crippen molar-refractivity contribution in [1.82, 2.24) is 4.98 Å². The molecule has 0 saturated heterocycles. The summed E-state index contributed by atoms with van der Waals surface area (Å²) < 4.78 is 0. The molecule has 1 aromatic heterocycles. The van der Waals surface area contributed by atoms with E-state index >= 15 is 0 Å². The lowest BCUT2D eigenvalue weighted by Gasteiger charge is -2.04. The average Bonchev–Trinajstić information content (AvgIpc) is 2.98. The first kappa shape index (κ1) is 14.8. The number of para-hydroxylation sites is 1. The van der Waals surface area contributed by atoms with E-state index in [1.807, 2.05) is 18.3 Å². The van der Waals surface area contributed by atoms with Crippen LogP contribution in [0.3, 0.4) is 0 Å². The first-order chi connectivity index (χ1) is 11.2. The van der Waals surface area contributed by atoms with E-state index in [1.165, 1.54) is 17.7 Å². The van der Waals surface area contributed by atoms with E-state index in [1.54, 1.807) is 18.3 Å². The molecule has 116 valence electrons. The molecule has 0 saturated carbocycles. The third-order valence-electron chi connectivity index (χ3n) is 3.71. The van der Waals surface area contributed by atoms with Gasteiger partial charge in [-0.1, -0.05) is 37.3 Å². The highest BCUT2D eigenvalue weighted by Gasteiger charge is 2.04. The molecule has 3 aromatic rings. The minimum absolute atomic E-state index is 0.116. The van der Waals surface area contributed by atoms with Crippen LogP contribution in [0.1, 0.15) is 28.4 Å². The molecule has 0 radical (unpaired) electrons. The Balaban J connectivity index is 1.81. The van der Waals surface area contributed by atoms with E-state index in [9.17, 15) is 9.90 Å². The van der Waals surface area contributed by atoms with Crippen LogP contribution in [-0.2, 0) is 6.42 Å². The molecular weight excluding hydrogens is 290 g/mol. The molecule has 0 aliphatic carbocycles. The highest BCUT2D eigenvalue weighted by Crippen LogP contribution is 2.21. The maximum atomic E-state index is 10.8. The summed E-state index contributed by atoms with van der Waals surface area (Å²) in [5.41, 5.74) is 6.90. The van der Waals surface area contributed by atoms with Gasteiger partial charge in [-0.3, -0.25) is 5.43 Å². The van der Waals surface area contributed by atoms with Crippen molar-refractivity contribution in [2.24, 2.45) is 5.10 Å². The standard InChI is InChI=1S/C18H17N3O2/c1-2-12-5-4-8-16-14(10-19-17(12)16)11-20-21-15-7-3-6-13(9-15)18(22)23/h3-11,19,21H,2H2,1H3,(H,22,23)/p-1/b20-11+. The Hall–Kier alpha value is -3.08. The van der Waals surface area contributed by atoms with Gasteiger partial charge in [-0.15, -0.1) is 0 Å². The second kappa shape index (κ2) is 6.36. The third kappa shape index (κ3) is 3.08. The molecule has 0 aliphatic rings. The molecule has 0 atom stereocenters. The molecular formula is C18H16N3O2-. The first-order valence-electron chi connectivity index (χ1n) is 7.38. The Morgan fingerprint density at radius 2 is 2.13 bits per heavy atom. The fraction of sp³-hybridized carbons (Fsp3) is 0.111. The van der Waals surface area contributed by atoms with Gasteiger partial charge in [0.1, 0.15) is 0 Å². The molecule has 5 heteroatoms. The number of nitrogens with one attached hydrogen (secondary N) is 2. The van der Waals surface area contributed by atoms with Crippen LogP contribution >= 0.6 is 0 Å². The van der Waals surface area contributed by atoms with Crippen molar-refractivity contribution >= 4 is 28.8 Å². The Kier molecular flexibility index (Phi) is 4.10. The molecule has 23 heavy (non-hydrogen) atoms. The van der Waals surface area contributed by atoms with Gasteiger partial charge in [-0.25, -0.2) is 0 Å². The summed E-state index contributed by atoms with van der Waals surface area (Å²) in [6, 6.07) is 12.5. The van der Waals surface area contributed by atoms with Gasteiger partial charge in [-0.05, 0) is 29.7 Å². The number of hydrogen-bond donors (Lipinski definition) is 2. The van der Waals surface area contributed by atoms with Crippen LogP contribution in [0, 0.1) is 0 Å². The smallest absolute Gasteiger partial charge is 0.0716 e. The van der Waals surface area contributed by atoms with Gasteiger partial charge >= 0.3 is 0 Å². The monoisotopic (exact) mass is 306 g/mol.